The monoisotopic (exact) mass is 417 g/mol. The number of aryl methyl sites for hydroxylation is 1. The summed E-state index contributed by atoms with van der Waals surface area (Å²) in [7, 11) is 0. The van der Waals surface area contributed by atoms with E-state index in [2.05, 4.69) is 10.3 Å². The number of carbonyl (C=O) groups is 2. The SMILES string of the molecule is Cc1cn(C[C@H](CC(=O)OCc2ccccc2)NC(=O)OC(C)(C)C)c(=O)[nH]c1=O. The molecule has 30 heavy (non-hydrogen) atoms. The van der Waals surface area contributed by atoms with Crippen molar-refractivity contribution < 1.29 is 19.1 Å². The number of nitrogens with zero attached hydrogens (tertiary/aromatic N) is 1. The van der Waals surface area contributed by atoms with Crippen LogP contribution in [-0.4, -0.2) is 33.3 Å². The highest BCUT2D eigenvalue weighted by Crippen LogP contribution is 2.09. The first-order valence-corrected chi connectivity index (χ1v) is 9.53. The minimum Gasteiger partial charge on any atom is -0.461 e. The molecule has 0 spiro atoms. The van der Waals surface area contributed by atoms with Crippen LogP contribution in [0.15, 0.2) is 46.1 Å². The summed E-state index contributed by atoms with van der Waals surface area (Å²) in [4.78, 5) is 50.4. The number of ether oxygens (including phenoxy) is 2. The van der Waals surface area contributed by atoms with Crippen LogP contribution in [0.4, 0.5) is 4.79 Å². The van der Waals surface area contributed by atoms with E-state index in [4.69, 9.17) is 9.47 Å². The molecule has 0 aliphatic carbocycles. The van der Waals surface area contributed by atoms with Crippen molar-refractivity contribution in [3.63, 3.8) is 0 Å². The second-order valence-corrected chi connectivity index (χ2v) is 7.92. The van der Waals surface area contributed by atoms with E-state index in [1.165, 1.54) is 10.8 Å². The second kappa shape index (κ2) is 9.91. The standard InChI is InChI=1S/C21H27N3O6/c1-14-11-24(19(27)23-18(14)26)12-16(22-20(28)30-21(2,3)4)10-17(25)29-13-15-8-6-5-7-9-15/h5-9,11,16H,10,12-13H2,1-4H3,(H,22,28)(H,23,26,27)/t16-/m0/s1. The van der Waals surface area contributed by atoms with Crippen molar-refractivity contribution in [1.82, 2.24) is 14.9 Å². The van der Waals surface area contributed by atoms with Gasteiger partial charge < -0.3 is 14.8 Å². The van der Waals surface area contributed by atoms with Crippen molar-refractivity contribution in [2.45, 2.75) is 58.9 Å². The Morgan fingerprint density at radius 3 is 2.47 bits per heavy atom. The molecule has 0 bridgehead atoms. The van der Waals surface area contributed by atoms with Gasteiger partial charge in [0.25, 0.3) is 5.56 Å². The molecule has 1 heterocycles. The van der Waals surface area contributed by atoms with E-state index in [0.717, 1.165) is 5.56 Å². The molecule has 2 aromatic rings. The normalized spacial score (nSPS) is 12.1. The van der Waals surface area contributed by atoms with Crippen LogP contribution in [0.2, 0.25) is 0 Å². The molecule has 0 saturated heterocycles. The highest BCUT2D eigenvalue weighted by Gasteiger charge is 2.23. The van der Waals surface area contributed by atoms with Crippen LogP contribution in [0.1, 0.15) is 38.3 Å². The summed E-state index contributed by atoms with van der Waals surface area (Å²) in [6, 6.07) is 8.39. The second-order valence-electron chi connectivity index (χ2n) is 7.92. The highest BCUT2D eigenvalue weighted by atomic mass is 16.6. The summed E-state index contributed by atoms with van der Waals surface area (Å²) in [5.41, 5.74) is -0.699. The Bertz CT molecular complexity index is 988. The van der Waals surface area contributed by atoms with Crippen LogP contribution >= 0.6 is 0 Å². The fraction of sp³-hybridized carbons (Fsp3) is 0.429. The summed E-state index contributed by atoms with van der Waals surface area (Å²) in [5, 5.41) is 2.60. The molecular formula is C21H27N3O6. The molecule has 0 saturated carbocycles. The summed E-state index contributed by atoms with van der Waals surface area (Å²) in [6.45, 7) is 6.74. The fourth-order valence-corrected chi connectivity index (χ4v) is 2.63. The molecule has 1 aromatic carbocycles. The third kappa shape index (κ3) is 7.57. The Morgan fingerprint density at radius 2 is 1.83 bits per heavy atom. The van der Waals surface area contributed by atoms with Gasteiger partial charge >= 0.3 is 17.8 Å². The van der Waals surface area contributed by atoms with Gasteiger partial charge in [-0.1, -0.05) is 30.3 Å². The van der Waals surface area contributed by atoms with Crippen molar-refractivity contribution >= 4 is 12.1 Å². The zero-order chi connectivity index (χ0) is 22.3. The Hall–Kier alpha value is -3.36. The van der Waals surface area contributed by atoms with Crippen molar-refractivity contribution in [2.75, 3.05) is 0 Å². The number of rotatable bonds is 7. The van der Waals surface area contributed by atoms with Crippen molar-refractivity contribution in [3.05, 3.63) is 68.5 Å². The van der Waals surface area contributed by atoms with Crippen molar-refractivity contribution in [2.24, 2.45) is 0 Å². The van der Waals surface area contributed by atoms with Crippen LogP contribution in [0.5, 0.6) is 0 Å². The number of alkyl carbamates (subject to hydrolysis) is 1. The summed E-state index contributed by atoms with van der Waals surface area (Å²) >= 11 is 0. The molecule has 1 amide bonds. The third-order valence-electron chi connectivity index (χ3n) is 3.98. The zero-order valence-electron chi connectivity index (χ0n) is 17.6. The molecule has 2 N–H and O–H groups in total. The lowest BCUT2D eigenvalue weighted by Gasteiger charge is -2.23. The van der Waals surface area contributed by atoms with E-state index in [0.29, 0.717) is 5.56 Å². The Morgan fingerprint density at radius 1 is 1.17 bits per heavy atom. The molecule has 9 heteroatoms. The smallest absolute Gasteiger partial charge is 0.407 e. The maximum absolute atomic E-state index is 12.3. The van der Waals surface area contributed by atoms with Gasteiger partial charge in [-0.15, -0.1) is 0 Å². The van der Waals surface area contributed by atoms with Gasteiger partial charge in [0.1, 0.15) is 12.2 Å². The van der Waals surface area contributed by atoms with Gasteiger partial charge in [-0.2, -0.15) is 0 Å². The lowest BCUT2D eigenvalue weighted by molar-refractivity contribution is -0.145. The zero-order valence-corrected chi connectivity index (χ0v) is 17.6. The van der Waals surface area contributed by atoms with E-state index in [1.807, 2.05) is 30.3 Å². The minimum atomic E-state index is -0.786. The van der Waals surface area contributed by atoms with Crippen LogP contribution in [0.3, 0.4) is 0 Å². The van der Waals surface area contributed by atoms with E-state index in [9.17, 15) is 19.2 Å². The molecule has 162 valence electrons. The average Bonchev–Trinajstić information content (AvgIpc) is 2.63. The van der Waals surface area contributed by atoms with E-state index < -0.39 is 35.0 Å². The highest BCUT2D eigenvalue weighted by molar-refractivity contribution is 5.73. The number of amides is 1. The van der Waals surface area contributed by atoms with Gasteiger partial charge in [-0.05, 0) is 33.3 Å². The maximum atomic E-state index is 12.3. The maximum Gasteiger partial charge on any atom is 0.407 e. The lowest BCUT2D eigenvalue weighted by Crippen LogP contribution is -2.45. The van der Waals surface area contributed by atoms with Gasteiger partial charge in [-0.25, -0.2) is 9.59 Å². The van der Waals surface area contributed by atoms with E-state index in [-0.39, 0.29) is 19.6 Å². The Labute approximate surface area is 174 Å². The van der Waals surface area contributed by atoms with E-state index in [1.54, 1.807) is 27.7 Å². The average molecular weight is 417 g/mol. The molecule has 1 aromatic heterocycles. The van der Waals surface area contributed by atoms with Gasteiger partial charge in [0.2, 0.25) is 0 Å². The first kappa shape index (κ1) is 22.9. The fourth-order valence-electron chi connectivity index (χ4n) is 2.63. The molecule has 0 aliphatic rings. The molecule has 0 fully saturated rings. The van der Waals surface area contributed by atoms with Gasteiger partial charge in [0.15, 0.2) is 0 Å². The van der Waals surface area contributed by atoms with Crippen LogP contribution in [-0.2, 0) is 27.4 Å². The third-order valence-corrected chi connectivity index (χ3v) is 3.98. The van der Waals surface area contributed by atoms with Crippen LogP contribution in [0.25, 0.3) is 0 Å². The molecule has 2 rings (SSSR count). The number of carbonyl (C=O) groups excluding carboxylic acids is 2. The van der Waals surface area contributed by atoms with Crippen molar-refractivity contribution in [1.29, 1.82) is 0 Å². The first-order chi connectivity index (χ1) is 14.0. The predicted molar refractivity (Wildman–Crippen MR) is 110 cm³/mol. The van der Waals surface area contributed by atoms with Gasteiger partial charge in [0, 0.05) is 18.3 Å². The number of aromatic nitrogens is 2. The molecule has 0 aliphatic heterocycles. The number of nitrogens with one attached hydrogen (secondary N) is 2. The largest absolute Gasteiger partial charge is 0.461 e. The van der Waals surface area contributed by atoms with Crippen LogP contribution in [0, 0.1) is 6.92 Å². The molecule has 1 atom stereocenters. The summed E-state index contributed by atoms with van der Waals surface area (Å²) in [6.07, 6.45) is 0.467. The molecule has 0 radical (unpaired) electrons. The minimum absolute atomic E-state index is 0.0455. The number of hydrogen-bond donors (Lipinski definition) is 2. The number of aromatic amines is 1. The van der Waals surface area contributed by atoms with E-state index >= 15 is 0 Å². The quantitative estimate of drug-likeness (QED) is 0.664. The Kier molecular flexibility index (Phi) is 7.57. The predicted octanol–water partition coefficient (Wildman–Crippen LogP) is 1.87. The Balaban J connectivity index is 2.11. The molecule has 0 unspecified atom stereocenters. The molecule has 9 nitrogen and oxygen atoms in total. The van der Waals surface area contributed by atoms with Gasteiger partial charge in [0.05, 0.1) is 12.5 Å². The van der Waals surface area contributed by atoms with Crippen LogP contribution < -0.4 is 16.6 Å². The topological polar surface area (TPSA) is 119 Å². The number of hydrogen-bond acceptors (Lipinski definition) is 6. The number of benzene rings is 1. The summed E-state index contributed by atoms with van der Waals surface area (Å²) < 4.78 is 11.7. The number of esters is 1. The number of H-pyrrole nitrogens is 1. The first-order valence-electron chi connectivity index (χ1n) is 9.53. The summed E-state index contributed by atoms with van der Waals surface area (Å²) in [5.74, 6) is -0.547. The van der Waals surface area contributed by atoms with Crippen molar-refractivity contribution in [3.8, 4) is 0 Å². The lowest BCUT2D eigenvalue weighted by atomic mass is 10.2. The molecular weight excluding hydrogens is 390 g/mol. The van der Waals surface area contributed by atoms with Gasteiger partial charge in [-0.3, -0.25) is 19.1 Å².